The van der Waals surface area contributed by atoms with Gasteiger partial charge in [0.25, 0.3) is 5.91 Å². The van der Waals surface area contributed by atoms with Crippen molar-refractivity contribution in [2.75, 3.05) is 13.2 Å². The Labute approximate surface area is 227 Å². The number of ether oxygens (including phenoxy) is 1. The van der Waals surface area contributed by atoms with Crippen LogP contribution in [0.15, 0.2) is 60.7 Å². The van der Waals surface area contributed by atoms with Gasteiger partial charge in [0, 0.05) is 24.5 Å². The molecule has 3 aromatic rings. The van der Waals surface area contributed by atoms with Gasteiger partial charge in [0.2, 0.25) is 5.91 Å². The van der Waals surface area contributed by atoms with Crippen molar-refractivity contribution < 1.29 is 14.3 Å². The molecule has 0 saturated heterocycles. The van der Waals surface area contributed by atoms with E-state index in [2.05, 4.69) is 5.32 Å². The Balaban J connectivity index is 1.92. The molecule has 0 saturated carbocycles. The van der Waals surface area contributed by atoms with Crippen LogP contribution < -0.4 is 10.1 Å². The predicted octanol–water partition coefficient (Wildman–Crippen LogP) is 6.42. The standard InChI is InChI=1S/C28H29Cl3N2O3/c1-4-32-28(35)25(15-20-8-6-5-7-9-20)33(16-21-10-11-23(29)24(30)14-21)26(34)17-36-22-12-18(2)27(31)19(3)13-22/h5-14,25H,4,15-17H2,1-3H3,(H,32,35)/t25-/m0/s1. The van der Waals surface area contributed by atoms with Crippen molar-refractivity contribution in [3.05, 3.63) is 98.0 Å². The van der Waals surface area contributed by atoms with E-state index in [4.69, 9.17) is 39.5 Å². The average molecular weight is 548 g/mol. The molecule has 0 bridgehead atoms. The van der Waals surface area contributed by atoms with E-state index in [0.29, 0.717) is 33.8 Å². The molecule has 3 rings (SSSR count). The molecule has 1 atom stereocenters. The average Bonchev–Trinajstić information content (AvgIpc) is 2.86. The Morgan fingerprint density at radius 2 is 1.58 bits per heavy atom. The van der Waals surface area contributed by atoms with E-state index in [1.54, 1.807) is 30.3 Å². The lowest BCUT2D eigenvalue weighted by Crippen LogP contribution is -2.51. The Morgan fingerprint density at radius 1 is 0.917 bits per heavy atom. The van der Waals surface area contributed by atoms with Gasteiger partial charge in [-0.3, -0.25) is 9.59 Å². The molecule has 8 heteroatoms. The van der Waals surface area contributed by atoms with Gasteiger partial charge in [0.05, 0.1) is 10.0 Å². The molecule has 0 aromatic heterocycles. The number of halogens is 3. The van der Waals surface area contributed by atoms with Crippen LogP contribution in [-0.2, 0) is 22.6 Å². The summed E-state index contributed by atoms with van der Waals surface area (Å²) < 4.78 is 5.86. The van der Waals surface area contributed by atoms with Crippen LogP contribution >= 0.6 is 34.8 Å². The Morgan fingerprint density at radius 3 is 2.19 bits per heavy atom. The normalized spacial score (nSPS) is 11.6. The summed E-state index contributed by atoms with van der Waals surface area (Å²) in [6.07, 6.45) is 0.346. The lowest BCUT2D eigenvalue weighted by molar-refractivity contribution is -0.142. The number of carbonyl (C=O) groups is 2. The van der Waals surface area contributed by atoms with Crippen molar-refractivity contribution in [2.24, 2.45) is 0 Å². The van der Waals surface area contributed by atoms with Crippen molar-refractivity contribution >= 4 is 46.6 Å². The number of amides is 2. The highest BCUT2D eigenvalue weighted by Crippen LogP contribution is 2.27. The van der Waals surface area contributed by atoms with Crippen LogP contribution in [0.1, 0.15) is 29.2 Å². The van der Waals surface area contributed by atoms with Gasteiger partial charge in [-0.25, -0.2) is 0 Å². The number of benzene rings is 3. The highest BCUT2D eigenvalue weighted by atomic mass is 35.5. The summed E-state index contributed by atoms with van der Waals surface area (Å²) in [6.45, 7) is 5.96. The molecule has 0 aliphatic rings. The van der Waals surface area contributed by atoms with Crippen LogP contribution in [0.5, 0.6) is 5.75 Å². The fourth-order valence-corrected chi connectivity index (χ4v) is 4.33. The van der Waals surface area contributed by atoms with E-state index in [-0.39, 0.29) is 25.0 Å². The van der Waals surface area contributed by atoms with Gasteiger partial charge >= 0.3 is 0 Å². The van der Waals surface area contributed by atoms with Crippen LogP contribution in [0.25, 0.3) is 0 Å². The second-order valence-electron chi connectivity index (χ2n) is 8.53. The first kappa shape index (κ1) is 27.9. The lowest BCUT2D eigenvalue weighted by atomic mass is 10.0. The van der Waals surface area contributed by atoms with Crippen molar-refractivity contribution in [1.29, 1.82) is 0 Å². The minimum absolute atomic E-state index is 0.159. The largest absolute Gasteiger partial charge is 0.484 e. The van der Waals surface area contributed by atoms with Crippen molar-refractivity contribution in [3.8, 4) is 5.75 Å². The molecule has 0 spiro atoms. The number of nitrogens with zero attached hydrogens (tertiary/aromatic N) is 1. The number of nitrogens with one attached hydrogen (secondary N) is 1. The number of aryl methyl sites for hydroxylation is 2. The SMILES string of the molecule is CCNC(=O)[C@H](Cc1ccccc1)N(Cc1ccc(Cl)c(Cl)c1)C(=O)COc1cc(C)c(Cl)c(C)c1. The molecular formula is C28H29Cl3N2O3. The van der Waals surface area contributed by atoms with Gasteiger partial charge in [-0.2, -0.15) is 0 Å². The minimum Gasteiger partial charge on any atom is -0.484 e. The van der Waals surface area contributed by atoms with Crippen molar-refractivity contribution in [3.63, 3.8) is 0 Å². The third kappa shape index (κ3) is 7.39. The summed E-state index contributed by atoms with van der Waals surface area (Å²) in [4.78, 5) is 28.3. The molecule has 0 unspecified atom stereocenters. The van der Waals surface area contributed by atoms with Crippen LogP contribution in [0.3, 0.4) is 0 Å². The van der Waals surface area contributed by atoms with Gasteiger partial charge in [-0.05, 0) is 67.3 Å². The first-order chi connectivity index (χ1) is 17.2. The maximum Gasteiger partial charge on any atom is 0.261 e. The molecule has 36 heavy (non-hydrogen) atoms. The molecule has 0 radical (unpaired) electrons. The molecule has 2 amide bonds. The van der Waals surface area contributed by atoms with Gasteiger partial charge in [0.1, 0.15) is 11.8 Å². The summed E-state index contributed by atoms with van der Waals surface area (Å²) >= 11 is 18.6. The third-order valence-electron chi connectivity index (χ3n) is 5.73. The topological polar surface area (TPSA) is 58.6 Å². The Bertz CT molecular complexity index is 1190. The minimum atomic E-state index is -0.758. The molecule has 1 N–H and O–H groups in total. The van der Waals surface area contributed by atoms with Crippen LogP contribution in [0, 0.1) is 13.8 Å². The van der Waals surface area contributed by atoms with Crippen LogP contribution in [0.2, 0.25) is 15.1 Å². The van der Waals surface area contributed by atoms with E-state index in [9.17, 15) is 9.59 Å². The van der Waals surface area contributed by atoms with Crippen LogP contribution in [0.4, 0.5) is 0 Å². The number of likely N-dealkylation sites (N-methyl/N-ethyl adjacent to an activating group) is 1. The fourth-order valence-electron chi connectivity index (χ4n) is 3.90. The molecule has 0 heterocycles. The molecule has 3 aromatic carbocycles. The van der Waals surface area contributed by atoms with Crippen molar-refractivity contribution in [2.45, 2.75) is 39.8 Å². The second kappa shape index (κ2) is 13.0. The van der Waals surface area contributed by atoms with Crippen molar-refractivity contribution in [1.82, 2.24) is 10.2 Å². The number of rotatable bonds is 10. The molecule has 5 nitrogen and oxygen atoms in total. The zero-order valence-electron chi connectivity index (χ0n) is 20.5. The van der Waals surface area contributed by atoms with E-state index in [0.717, 1.165) is 22.3 Å². The Hall–Kier alpha value is -2.73. The summed E-state index contributed by atoms with van der Waals surface area (Å²) in [6, 6.07) is 17.6. The van der Waals surface area contributed by atoms with Gasteiger partial charge in [0.15, 0.2) is 6.61 Å². The van der Waals surface area contributed by atoms with E-state index >= 15 is 0 Å². The summed E-state index contributed by atoms with van der Waals surface area (Å²) in [5, 5.41) is 4.32. The molecular weight excluding hydrogens is 519 g/mol. The lowest BCUT2D eigenvalue weighted by Gasteiger charge is -2.31. The maximum atomic E-state index is 13.6. The quantitative estimate of drug-likeness (QED) is 0.319. The predicted molar refractivity (Wildman–Crippen MR) is 146 cm³/mol. The second-order valence-corrected chi connectivity index (χ2v) is 9.72. The zero-order chi connectivity index (χ0) is 26.2. The first-order valence-electron chi connectivity index (χ1n) is 11.6. The number of carbonyl (C=O) groups excluding carboxylic acids is 2. The fraction of sp³-hybridized carbons (Fsp3) is 0.286. The zero-order valence-corrected chi connectivity index (χ0v) is 22.8. The summed E-state index contributed by atoms with van der Waals surface area (Å²) in [5.74, 6) is -0.0404. The van der Waals surface area contributed by atoms with E-state index in [1.807, 2.05) is 51.1 Å². The van der Waals surface area contributed by atoms with Gasteiger partial charge in [-0.15, -0.1) is 0 Å². The smallest absolute Gasteiger partial charge is 0.261 e. The molecule has 0 aliphatic heterocycles. The first-order valence-corrected chi connectivity index (χ1v) is 12.8. The monoisotopic (exact) mass is 546 g/mol. The number of hydrogen-bond donors (Lipinski definition) is 1. The van der Waals surface area contributed by atoms with E-state index in [1.165, 1.54) is 4.90 Å². The van der Waals surface area contributed by atoms with E-state index < -0.39 is 6.04 Å². The van der Waals surface area contributed by atoms with Gasteiger partial charge in [-0.1, -0.05) is 71.2 Å². The molecule has 0 aliphatic carbocycles. The molecule has 190 valence electrons. The number of hydrogen-bond acceptors (Lipinski definition) is 3. The molecule has 0 fully saturated rings. The summed E-state index contributed by atoms with van der Waals surface area (Å²) in [7, 11) is 0. The Kier molecular flexibility index (Phi) is 10.1. The maximum absolute atomic E-state index is 13.6. The highest BCUT2D eigenvalue weighted by Gasteiger charge is 2.30. The van der Waals surface area contributed by atoms with Gasteiger partial charge < -0.3 is 15.0 Å². The third-order valence-corrected chi connectivity index (χ3v) is 7.07. The summed E-state index contributed by atoms with van der Waals surface area (Å²) in [5.41, 5.74) is 3.40. The highest BCUT2D eigenvalue weighted by molar-refractivity contribution is 6.42. The van der Waals surface area contributed by atoms with Crippen LogP contribution in [-0.4, -0.2) is 35.9 Å².